The molecule has 88 valence electrons. The van der Waals surface area contributed by atoms with Crippen molar-refractivity contribution in [1.82, 2.24) is 10.2 Å². The summed E-state index contributed by atoms with van der Waals surface area (Å²) in [5.74, 6) is 0. The molecule has 1 aliphatic heterocycles. The molecule has 1 atom stereocenters. The van der Waals surface area contributed by atoms with Gasteiger partial charge in [0.25, 0.3) is 0 Å². The number of carbonyl (C=O) groups excluding carboxylic acids is 1. The second-order valence-corrected chi connectivity index (χ2v) is 5.51. The molecule has 4 nitrogen and oxygen atoms in total. The number of rotatable bonds is 3. The molecule has 0 aromatic carbocycles. The van der Waals surface area contributed by atoms with Crippen LogP contribution in [0.25, 0.3) is 0 Å². The predicted molar refractivity (Wildman–Crippen MR) is 59.8 cm³/mol. The zero-order valence-corrected chi connectivity index (χ0v) is 10.1. The van der Waals surface area contributed by atoms with Gasteiger partial charge in [-0.2, -0.15) is 0 Å². The summed E-state index contributed by atoms with van der Waals surface area (Å²) in [7, 11) is 0. The predicted octanol–water partition coefficient (Wildman–Crippen LogP) is 0.00860. The molecule has 1 rings (SSSR count). The van der Waals surface area contributed by atoms with Crippen molar-refractivity contribution < 1.29 is 9.90 Å². The minimum Gasteiger partial charge on any atom is -0.395 e. The number of nitrogens with zero attached hydrogens (tertiary/aromatic N) is 1. The maximum absolute atomic E-state index is 11.1. The third-order valence-electron chi connectivity index (χ3n) is 2.91. The van der Waals surface area contributed by atoms with Crippen LogP contribution in [0.5, 0.6) is 0 Å². The van der Waals surface area contributed by atoms with Gasteiger partial charge in [-0.1, -0.05) is 0 Å². The highest BCUT2D eigenvalue weighted by molar-refractivity contribution is 5.61. The van der Waals surface area contributed by atoms with Gasteiger partial charge in [0.1, 0.15) is 6.29 Å². The highest BCUT2D eigenvalue weighted by Crippen LogP contribution is 2.25. The van der Waals surface area contributed by atoms with Gasteiger partial charge in [-0.15, -0.1) is 0 Å². The van der Waals surface area contributed by atoms with Crippen molar-refractivity contribution in [3.05, 3.63) is 0 Å². The quantitative estimate of drug-likeness (QED) is 0.650. The largest absolute Gasteiger partial charge is 0.395 e. The summed E-state index contributed by atoms with van der Waals surface area (Å²) >= 11 is 0. The third-order valence-corrected chi connectivity index (χ3v) is 2.91. The van der Waals surface area contributed by atoms with E-state index in [4.69, 9.17) is 5.11 Å². The van der Waals surface area contributed by atoms with Crippen LogP contribution in [-0.2, 0) is 4.79 Å². The second-order valence-electron chi connectivity index (χ2n) is 5.51. The molecule has 1 aliphatic rings. The number of hydrogen-bond donors (Lipinski definition) is 2. The summed E-state index contributed by atoms with van der Waals surface area (Å²) in [6.07, 6.45) is 0.970. The molecule has 0 aromatic rings. The molecule has 4 heteroatoms. The zero-order chi connectivity index (χ0) is 11.7. The number of β-amino-alcohol motifs (C(OH)–C–C–N with tert-alkyl or cyclic N) is 1. The van der Waals surface area contributed by atoms with Crippen molar-refractivity contribution in [3.63, 3.8) is 0 Å². The van der Waals surface area contributed by atoms with Gasteiger partial charge < -0.3 is 15.2 Å². The first-order valence-corrected chi connectivity index (χ1v) is 5.42. The molecule has 2 N–H and O–H groups in total. The Labute approximate surface area is 91.6 Å². The van der Waals surface area contributed by atoms with Crippen molar-refractivity contribution in [3.8, 4) is 0 Å². The van der Waals surface area contributed by atoms with E-state index in [-0.39, 0.29) is 23.7 Å². The normalized spacial score (nSPS) is 30.1. The fourth-order valence-corrected chi connectivity index (χ4v) is 2.65. The topological polar surface area (TPSA) is 52.6 Å². The first kappa shape index (κ1) is 12.6. The molecule has 0 radical (unpaired) electrons. The number of piperazine rings is 1. The van der Waals surface area contributed by atoms with E-state index in [1.165, 1.54) is 0 Å². The van der Waals surface area contributed by atoms with Gasteiger partial charge in [-0.3, -0.25) is 4.90 Å². The summed E-state index contributed by atoms with van der Waals surface area (Å²) in [6.45, 7) is 9.70. The molecule has 0 spiro atoms. The number of nitrogens with one attached hydrogen (secondary N) is 1. The number of hydrogen-bond acceptors (Lipinski definition) is 4. The van der Waals surface area contributed by atoms with Crippen molar-refractivity contribution in [2.45, 2.75) is 44.8 Å². The fourth-order valence-electron chi connectivity index (χ4n) is 2.65. The minimum atomic E-state index is -0.251. The highest BCUT2D eigenvalue weighted by atomic mass is 16.3. The first-order valence-electron chi connectivity index (χ1n) is 5.42. The summed E-state index contributed by atoms with van der Waals surface area (Å²) in [5, 5.41) is 12.5. The summed E-state index contributed by atoms with van der Waals surface area (Å²) in [6, 6.07) is -0.169. The Morgan fingerprint density at radius 1 is 1.47 bits per heavy atom. The second kappa shape index (κ2) is 4.20. The molecule has 0 saturated carbocycles. The van der Waals surface area contributed by atoms with Crippen LogP contribution in [0.15, 0.2) is 0 Å². The third kappa shape index (κ3) is 2.77. The van der Waals surface area contributed by atoms with Gasteiger partial charge in [0.15, 0.2) is 0 Å². The van der Waals surface area contributed by atoms with E-state index >= 15 is 0 Å². The van der Waals surface area contributed by atoms with Crippen LogP contribution in [0.4, 0.5) is 0 Å². The van der Waals surface area contributed by atoms with E-state index in [1.54, 1.807) is 0 Å². The van der Waals surface area contributed by atoms with E-state index in [9.17, 15) is 4.79 Å². The van der Waals surface area contributed by atoms with Crippen molar-refractivity contribution in [2.75, 3.05) is 19.7 Å². The molecule has 1 saturated heterocycles. The summed E-state index contributed by atoms with van der Waals surface area (Å²) < 4.78 is 0. The molecule has 1 heterocycles. The van der Waals surface area contributed by atoms with Gasteiger partial charge in [0.2, 0.25) is 0 Å². The van der Waals surface area contributed by atoms with Gasteiger partial charge in [0.05, 0.1) is 12.6 Å². The van der Waals surface area contributed by atoms with Crippen molar-refractivity contribution in [1.29, 1.82) is 0 Å². The molecule has 0 amide bonds. The van der Waals surface area contributed by atoms with Crippen LogP contribution in [0.2, 0.25) is 0 Å². The zero-order valence-electron chi connectivity index (χ0n) is 10.1. The molecule has 0 aliphatic carbocycles. The van der Waals surface area contributed by atoms with Gasteiger partial charge in [0, 0.05) is 24.2 Å². The van der Waals surface area contributed by atoms with Crippen LogP contribution in [0.3, 0.4) is 0 Å². The standard InChI is InChI=1S/C11H22N2O2/c1-10(2)8-13(5-6-14)9(7-15)11(3,4)12-10/h7,9,12,14H,5-6,8H2,1-4H3. The Hall–Kier alpha value is -0.450. The van der Waals surface area contributed by atoms with Crippen LogP contribution in [-0.4, -0.2) is 53.1 Å². The van der Waals surface area contributed by atoms with Crippen molar-refractivity contribution >= 4 is 6.29 Å². The lowest BCUT2D eigenvalue weighted by Gasteiger charge is -2.52. The Balaban J connectivity index is 2.88. The average Bonchev–Trinajstić information content (AvgIpc) is 1.99. The molecule has 15 heavy (non-hydrogen) atoms. The summed E-state index contributed by atoms with van der Waals surface area (Å²) in [4.78, 5) is 13.2. The van der Waals surface area contributed by atoms with Crippen LogP contribution < -0.4 is 5.32 Å². The number of aliphatic hydroxyl groups excluding tert-OH is 1. The van der Waals surface area contributed by atoms with E-state index in [2.05, 4.69) is 19.2 Å². The fraction of sp³-hybridized carbons (Fsp3) is 0.909. The number of aliphatic hydroxyl groups is 1. The Bertz CT molecular complexity index is 239. The van der Waals surface area contributed by atoms with Crippen LogP contribution in [0, 0.1) is 0 Å². The Morgan fingerprint density at radius 3 is 2.53 bits per heavy atom. The van der Waals surface area contributed by atoms with E-state index in [1.807, 2.05) is 18.7 Å². The van der Waals surface area contributed by atoms with Gasteiger partial charge in [-0.05, 0) is 27.7 Å². The molecule has 1 unspecified atom stereocenters. The molecular weight excluding hydrogens is 192 g/mol. The lowest BCUT2D eigenvalue weighted by molar-refractivity contribution is -0.118. The smallest absolute Gasteiger partial charge is 0.138 e. The highest BCUT2D eigenvalue weighted by Gasteiger charge is 2.43. The summed E-state index contributed by atoms with van der Waals surface area (Å²) in [5.41, 5.74) is -0.281. The number of aldehydes is 1. The number of carbonyl (C=O) groups is 1. The van der Waals surface area contributed by atoms with E-state index in [0.717, 1.165) is 12.8 Å². The molecule has 0 bridgehead atoms. The SMILES string of the molecule is CC1(C)CN(CCO)C(C=O)C(C)(C)N1. The van der Waals surface area contributed by atoms with Gasteiger partial charge in [-0.25, -0.2) is 0 Å². The first-order chi connectivity index (χ1) is 6.82. The molecule has 1 fully saturated rings. The lowest BCUT2D eigenvalue weighted by Crippen LogP contribution is -2.72. The molecule has 0 aromatic heterocycles. The van der Waals surface area contributed by atoms with Gasteiger partial charge >= 0.3 is 0 Å². The van der Waals surface area contributed by atoms with E-state index in [0.29, 0.717) is 6.54 Å². The van der Waals surface area contributed by atoms with Crippen LogP contribution in [0.1, 0.15) is 27.7 Å². The van der Waals surface area contributed by atoms with Crippen LogP contribution >= 0.6 is 0 Å². The maximum Gasteiger partial charge on any atom is 0.138 e. The minimum absolute atomic E-state index is 0.0296. The Morgan fingerprint density at radius 2 is 2.07 bits per heavy atom. The van der Waals surface area contributed by atoms with E-state index < -0.39 is 0 Å². The Kier molecular flexibility index (Phi) is 3.53. The van der Waals surface area contributed by atoms with Crippen molar-refractivity contribution in [2.24, 2.45) is 0 Å². The lowest BCUT2D eigenvalue weighted by atomic mass is 9.85. The average molecular weight is 214 g/mol. The maximum atomic E-state index is 11.1. The monoisotopic (exact) mass is 214 g/mol. The molecular formula is C11H22N2O2.